The van der Waals surface area contributed by atoms with Gasteiger partial charge in [-0.3, -0.25) is 0 Å². The number of unbranched alkanes of at least 4 members (excludes halogenated alkanes) is 7. The van der Waals surface area contributed by atoms with Crippen LogP contribution in [-0.4, -0.2) is 0 Å². The highest BCUT2D eigenvalue weighted by molar-refractivity contribution is 5.99. The first-order valence-corrected chi connectivity index (χ1v) is 12.3. The van der Waals surface area contributed by atoms with Crippen LogP contribution >= 0.6 is 0 Å². The maximum Gasteiger partial charge on any atom is -0.0171 e. The maximum absolute atomic E-state index is 2.41. The minimum absolute atomic E-state index is 1.20. The summed E-state index contributed by atoms with van der Waals surface area (Å²) < 4.78 is 0. The van der Waals surface area contributed by atoms with E-state index in [1.165, 1.54) is 102 Å². The van der Waals surface area contributed by atoms with Gasteiger partial charge in [0.2, 0.25) is 0 Å². The molecular formula is C31H36. The summed E-state index contributed by atoms with van der Waals surface area (Å²) in [5.41, 5.74) is 5.36. The minimum atomic E-state index is 1.20. The Morgan fingerprint density at radius 1 is 0.484 bits per heavy atom. The fraction of sp³-hybridized carbons (Fsp3) is 0.355. The molecule has 0 amide bonds. The molecule has 4 rings (SSSR count). The topological polar surface area (TPSA) is 0 Å². The minimum Gasteiger partial charge on any atom is -0.0654 e. The van der Waals surface area contributed by atoms with Crippen molar-refractivity contribution in [2.24, 2.45) is 0 Å². The number of fused-ring (bicyclic) bond motifs is 2. The number of hydrogen-bond donors (Lipinski definition) is 0. The Bertz CT molecular complexity index is 1120. The zero-order chi connectivity index (χ0) is 21.5. The lowest BCUT2D eigenvalue weighted by Crippen LogP contribution is -1.88. The van der Waals surface area contributed by atoms with Crippen LogP contribution in [0.5, 0.6) is 0 Å². The molecule has 0 aliphatic carbocycles. The molecule has 0 aromatic heterocycles. The summed E-state index contributed by atoms with van der Waals surface area (Å²) >= 11 is 0. The van der Waals surface area contributed by atoms with E-state index in [1.54, 1.807) is 0 Å². The zero-order valence-electron chi connectivity index (χ0n) is 19.3. The van der Waals surface area contributed by atoms with Crippen LogP contribution in [0.15, 0.2) is 72.8 Å². The van der Waals surface area contributed by atoms with E-state index in [0.29, 0.717) is 0 Å². The van der Waals surface area contributed by atoms with E-state index in [2.05, 4.69) is 86.6 Å². The van der Waals surface area contributed by atoms with E-state index >= 15 is 0 Å². The molecule has 0 fully saturated rings. The molecule has 0 aliphatic rings. The van der Waals surface area contributed by atoms with Crippen LogP contribution in [0, 0.1) is 6.92 Å². The van der Waals surface area contributed by atoms with Gasteiger partial charge in [0, 0.05) is 0 Å². The quantitative estimate of drug-likeness (QED) is 0.181. The van der Waals surface area contributed by atoms with Crippen LogP contribution in [0.4, 0.5) is 0 Å². The SMILES string of the molecule is CCCCCCCCCCc1ccc2cc3cc(-c4ccc(C)cc4)ccc3cc2c1. The summed E-state index contributed by atoms with van der Waals surface area (Å²) in [6, 6.07) is 27.4. The molecular weight excluding hydrogens is 372 g/mol. The van der Waals surface area contributed by atoms with Crippen molar-refractivity contribution in [2.45, 2.75) is 71.6 Å². The third-order valence-corrected chi connectivity index (χ3v) is 6.56. The lowest BCUT2D eigenvalue weighted by atomic mass is 9.96. The summed E-state index contributed by atoms with van der Waals surface area (Å²) in [7, 11) is 0. The molecule has 4 aromatic rings. The Balaban J connectivity index is 1.42. The first kappa shape index (κ1) is 21.6. The van der Waals surface area contributed by atoms with Gasteiger partial charge in [-0.05, 0) is 76.2 Å². The van der Waals surface area contributed by atoms with Gasteiger partial charge in [-0.2, -0.15) is 0 Å². The average molecular weight is 409 g/mol. The number of hydrogen-bond acceptors (Lipinski definition) is 0. The van der Waals surface area contributed by atoms with Crippen LogP contribution in [0.1, 0.15) is 69.4 Å². The molecule has 0 unspecified atom stereocenters. The number of rotatable bonds is 10. The fourth-order valence-electron chi connectivity index (χ4n) is 4.59. The summed E-state index contributed by atoms with van der Waals surface area (Å²) in [4.78, 5) is 0. The van der Waals surface area contributed by atoms with E-state index in [4.69, 9.17) is 0 Å². The van der Waals surface area contributed by atoms with Gasteiger partial charge in [-0.1, -0.05) is 112 Å². The van der Waals surface area contributed by atoms with Gasteiger partial charge in [-0.15, -0.1) is 0 Å². The summed E-state index contributed by atoms with van der Waals surface area (Å²) in [5.74, 6) is 0. The Labute approximate surface area is 188 Å². The van der Waals surface area contributed by atoms with Gasteiger partial charge >= 0.3 is 0 Å². The van der Waals surface area contributed by atoms with E-state index < -0.39 is 0 Å². The van der Waals surface area contributed by atoms with Crippen molar-refractivity contribution >= 4 is 21.5 Å². The second-order valence-corrected chi connectivity index (χ2v) is 9.19. The maximum atomic E-state index is 2.41. The summed E-state index contributed by atoms with van der Waals surface area (Å²) in [6.07, 6.45) is 12.3. The van der Waals surface area contributed by atoms with E-state index in [9.17, 15) is 0 Å². The second kappa shape index (κ2) is 10.6. The van der Waals surface area contributed by atoms with Gasteiger partial charge in [0.05, 0.1) is 0 Å². The Kier molecular flexibility index (Phi) is 7.41. The van der Waals surface area contributed by atoms with E-state index in [0.717, 1.165) is 0 Å². The van der Waals surface area contributed by atoms with Crippen molar-refractivity contribution in [1.82, 2.24) is 0 Å². The largest absolute Gasteiger partial charge is 0.0654 e. The van der Waals surface area contributed by atoms with Crippen LogP contribution in [-0.2, 0) is 6.42 Å². The van der Waals surface area contributed by atoms with Gasteiger partial charge in [0.25, 0.3) is 0 Å². The molecule has 0 N–H and O–H groups in total. The lowest BCUT2D eigenvalue weighted by Gasteiger charge is -2.08. The number of benzene rings is 4. The predicted molar refractivity (Wildman–Crippen MR) is 138 cm³/mol. The Morgan fingerprint density at radius 3 is 1.77 bits per heavy atom. The lowest BCUT2D eigenvalue weighted by molar-refractivity contribution is 0.575. The molecule has 0 aliphatic heterocycles. The molecule has 31 heavy (non-hydrogen) atoms. The molecule has 0 bridgehead atoms. The Morgan fingerprint density at radius 2 is 1.06 bits per heavy atom. The molecule has 0 spiro atoms. The molecule has 0 heterocycles. The van der Waals surface area contributed by atoms with Crippen molar-refractivity contribution < 1.29 is 0 Å². The molecule has 0 atom stereocenters. The highest BCUT2D eigenvalue weighted by atomic mass is 14.1. The van der Waals surface area contributed by atoms with Crippen molar-refractivity contribution in [3.8, 4) is 11.1 Å². The molecule has 0 heteroatoms. The average Bonchev–Trinajstić information content (AvgIpc) is 2.79. The van der Waals surface area contributed by atoms with Crippen LogP contribution in [0.3, 0.4) is 0 Å². The van der Waals surface area contributed by atoms with Crippen molar-refractivity contribution in [1.29, 1.82) is 0 Å². The first-order valence-electron chi connectivity index (χ1n) is 12.3. The molecule has 0 radical (unpaired) electrons. The van der Waals surface area contributed by atoms with Crippen LogP contribution in [0.25, 0.3) is 32.7 Å². The highest BCUT2D eigenvalue weighted by Crippen LogP contribution is 2.29. The standard InChI is InChI=1S/C31H36/c1-3-4-5-6-7-8-9-10-11-25-14-17-28-23-31-21-27(26-15-12-24(2)13-16-26)18-19-29(31)22-30(28)20-25/h12-23H,3-11H2,1-2H3. The van der Waals surface area contributed by atoms with Crippen LogP contribution < -0.4 is 0 Å². The molecule has 0 nitrogen and oxygen atoms in total. The van der Waals surface area contributed by atoms with Gasteiger partial charge in [0.15, 0.2) is 0 Å². The van der Waals surface area contributed by atoms with Crippen LogP contribution in [0.2, 0.25) is 0 Å². The smallest absolute Gasteiger partial charge is 0.0171 e. The predicted octanol–water partition coefficient (Wildman–Crippen LogP) is 9.65. The Hall–Kier alpha value is -2.60. The summed E-state index contributed by atoms with van der Waals surface area (Å²) in [5, 5.41) is 5.36. The van der Waals surface area contributed by atoms with Crippen molar-refractivity contribution in [2.75, 3.05) is 0 Å². The normalized spacial score (nSPS) is 11.4. The monoisotopic (exact) mass is 408 g/mol. The second-order valence-electron chi connectivity index (χ2n) is 9.19. The fourth-order valence-corrected chi connectivity index (χ4v) is 4.59. The van der Waals surface area contributed by atoms with Gasteiger partial charge in [-0.25, -0.2) is 0 Å². The van der Waals surface area contributed by atoms with Crippen molar-refractivity contribution in [3.63, 3.8) is 0 Å². The van der Waals surface area contributed by atoms with Gasteiger partial charge < -0.3 is 0 Å². The van der Waals surface area contributed by atoms with E-state index in [1.807, 2.05) is 0 Å². The third-order valence-electron chi connectivity index (χ3n) is 6.56. The van der Waals surface area contributed by atoms with Gasteiger partial charge in [0.1, 0.15) is 0 Å². The molecule has 0 saturated heterocycles. The van der Waals surface area contributed by atoms with E-state index in [-0.39, 0.29) is 0 Å². The molecule has 160 valence electrons. The van der Waals surface area contributed by atoms with Crippen molar-refractivity contribution in [3.05, 3.63) is 83.9 Å². The number of aryl methyl sites for hydroxylation is 2. The zero-order valence-corrected chi connectivity index (χ0v) is 19.3. The molecule has 0 saturated carbocycles. The third kappa shape index (κ3) is 5.76. The molecule has 4 aromatic carbocycles. The summed E-state index contributed by atoms with van der Waals surface area (Å²) in [6.45, 7) is 4.42. The highest BCUT2D eigenvalue weighted by Gasteiger charge is 2.04. The first-order chi connectivity index (χ1) is 15.2.